The van der Waals surface area contributed by atoms with Gasteiger partial charge in [-0.2, -0.15) is 0 Å². The fourth-order valence-corrected chi connectivity index (χ4v) is 4.98. The Balaban J connectivity index is 1.34. The molecule has 0 bridgehead atoms. The van der Waals surface area contributed by atoms with Gasteiger partial charge in [0.05, 0.1) is 19.3 Å². The van der Waals surface area contributed by atoms with Crippen LogP contribution < -0.4 is 0 Å². The molecule has 1 atom stereocenters. The zero-order valence-electron chi connectivity index (χ0n) is 16.5. The van der Waals surface area contributed by atoms with Crippen molar-refractivity contribution in [3.63, 3.8) is 0 Å². The van der Waals surface area contributed by atoms with Crippen LogP contribution in [0.15, 0.2) is 18.2 Å². The molecule has 0 aliphatic carbocycles. The smallest absolute Gasteiger partial charge is 0.240 e. The van der Waals surface area contributed by atoms with E-state index in [4.69, 9.17) is 4.74 Å². The Morgan fingerprint density at radius 1 is 1.18 bits per heavy atom. The summed E-state index contributed by atoms with van der Waals surface area (Å²) < 4.78 is 32.4. The summed E-state index contributed by atoms with van der Waals surface area (Å²) in [6, 6.07) is 3.76. The topological polar surface area (TPSA) is 36.0 Å². The van der Waals surface area contributed by atoms with E-state index in [0.717, 1.165) is 45.0 Å². The summed E-state index contributed by atoms with van der Waals surface area (Å²) in [5, 5.41) is 0. The van der Waals surface area contributed by atoms with Crippen LogP contribution >= 0.6 is 0 Å². The molecule has 4 rings (SSSR count). The van der Waals surface area contributed by atoms with Crippen molar-refractivity contribution in [3.8, 4) is 0 Å². The highest BCUT2D eigenvalue weighted by Crippen LogP contribution is 2.43. The van der Waals surface area contributed by atoms with Crippen LogP contribution in [0.25, 0.3) is 0 Å². The lowest BCUT2D eigenvalue weighted by molar-refractivity contribution is -0.139. The van der Waals surface area contributed by atoms with Gasteiger partial charge in [0.25, 0.3) is 0 Å². The Morgan fingerprint density at radius 3 is 2.57 bits per heavy atom. The maximum atomic E-state index is 13.9. The summed E-state index contributed by atoms with van der Waals surface area (Å²) in [5.41, 5.74) is 0.709. The van der Waals surface area contributed by atoms with Gasteiger partial charge in [0, 0.05) is 37.8 Å². The monoisotopic (exact) mass is 393 g/mol. The third-order valence-electron chi connectivity index (χ3n) is 6.68. The molecule has 0 aromatic heterocycles. The molecule has 28 heavy (non-hydrogen) atoms. The van der Waals surface area contributed by atoms with Gasteiger partial charge in [-0.15, -0.1) is 0 Å². The number of rotatable bonds is 3. The average molecular weight is 393 g/mol. The Labute approximate surface area is 165 Å². The molecule has 1 unspecified atom stereocenters. The molecule has 1 amide bonds. The van der Waals surface area contributed by atoms with Gasteiger partial charge in [-0.25, -0.2) is 8.78 Å². The summed E-state index contributed by atoms with van der Waals surface area (Å²) in [6.07, 6.45) is 2.92. The van der Waals surface area contributed by atoms with Gasteiger partial charge in [0.1, 0.15) is 11.6 Å². The molecule has 3 heterocycles. The highest BCUT2D eigenvalue weighted by atomic mass is 19.1. The second kappa shape index (κ2) is 8.05. The van der Waals surface area contributed by atoms with Crippen LogP contribution in [0.2, 0.25) is 0 Å². The van der Waals surface area contributed by atoms with Crippen LogP contribution in [0.4, 0.5) is 8.78 Å². The predicted octanol–water partition coefficient (Wildman–Crippen LogP) is 2.11. The number of hydrogen-bond donors (Lipinski definition) is 0. The van der Waals surface area contributed by atoms with E-state index < -0.39 is 11.6 Å². The van der Waals surface area contributed by atoms with Gasteiger partial charge < -0.3 is 9.64 Å². The molecule has 3 fully saturated rings. The molecule has 0 saturated carbocycles. The SMILES string of the molecule is CN1CC2(CCN(Cc3ccc(F)cc3F)CC2)CC1C(=O)N1CCOCC1. The normalized spacial score (nSPS) is 26.1. The summed E-state index contributed by atoms with van der Waals surface area (Å²) in [4.78, 5) is 19.3. The number of halogens is 2. The largest absolute Gasteiger partial charge is 0.378 e. The van der Waals surface area contributed by atoms with Crippen molar-refractivity contribution in [3.05, 3.63) is 35.4 Å². The van der Waals surface area contributed by atoms with Gasteiger partial charge in [-0.3, -0.25) is 14.6 Å². The van der Waals surface area contributed by atoms with Crippen molar-refractivity contribution in [2.24, 2.45) is 5.41 Å². The summed E-state index contributed by atoms with van der Waals surface area (Å²) in [7, 11) is 2.05. The lowest BCUT2D eigenvalue weighted by atomic mass is 9.76. The van der Waals surface area contributed by atoms with Crippen molar-refractivity contribution >= 4 is 5.91 Å². The highest BCUT2D eigenvalue weighted by molar-refractivity contribution is 5.82. The first-order chi connectivity index (χ1) is 13.5. The number of carbonyl (C=O) groups is 1. The number of likely N-dealkylation sites (tertiary alicyclic amines) is 2. The number of morpholine rings is 1. The molecule has 3 saturated heterocycles. The highest BCUT2D eigenvalue weighted by Gasteiger charge is 2.47. The summed E-state index contributed by atoms with van der Waals surface area (Å²) in [6.45, 7) is 5.83. The Hall–Kier alpha value is -1.57. The number of ether oxygens (including phenoxy) is 1. The van der Waals surface area contributed by atoms with Gasteiger partial charge >= 0.3 is 0 Å². The second-order valence-electron chi connectivity index (χ2n) is 8.58. The molecule has 154 valence electrons. The van der Waals surface area contributed by atoms with Crippen molar-refractivity contribution in [1.29, 1.82) is 0 Å². The van der Waals surface area contributed by atoms with E-state index in [1.165, 1.54) is 12.1 Å². The molecule has 7 heteroatoms. The first-order valence-electron chi connectivity index (χ1n) is 10.2. The predicted molar refractivity (Wildman–Crippen MR) is 102 cm³/mol. The molecule has 3 aliphatic heterocycles. The van der Waals surface area contributed by atoms with Gasteiger partial charge in [0.15, 0.2) is 0 Å². The molecule has 3 aliphatic rings. The van der Waals surface area contributed by atoms with E-state index in [9.17, 15) is 13.6 Å². The van der Waals surface area contributed by atoms with Crippen molar-refractivity contribution < 1.29 is 18.3 Å². The molecule has 1 aromatic rings. The van der Waals surface area contributed by atoms with Crippen LogP contribution in [0.1, 0.15) is 24.8 Å². The van der Waals surface area contributed by atoms with Gasteiger partial charge in [0.2, 0.25) is 5.91 Å². The first-order valence-corrected chi connectivity index (χ1v) is 10.2. The summed E-state index contributed by atoms with van der Waals surface area (Å²) >= 11 is 0. The number of amides is 1. The maximum absolute atomic E-state index is 13.9. The minimum atomic E-state index is -0.538. The number of hydrogen-bond acceptors (Lipinski definition) is 4. The Kier molecular flexibility index (Phi) is 5.67. The van der Waals surface area contributed by atoms with E-state index in [0.29, 0.717) is 38.4 Å². The standard InChI is InChI=1S/C21H29F2N3O2/c1-24-15-21(13-19(24)20(27)26-8-10-28-11-9-26)4-6-25(7-5-21)14-16-2-3-17(22)12-18(16)23/h2-3,12,19H,4-11,13-15H2,1H3. The van der Waals surface area contributed by atoms with Crippen molar-refractivity contribution in [2.45, 2.75) is 31.8 Å². The van der Waals surface area contributed by atoms with Crippen molar-refractivity contribution in [1.82, 2.24) is 14.7 Å². The number of piperidine rings is 1. The van der Waals surface area contributed by atoms with Crippen LogP contribution in [0, 0.1) is 17.0 Å². The Bertz CT molecular complexity index is 716. The quantitative estimate of drug-likeness (QED) is 0.788. The number of likely N-dealkylation sites (N-methyl/N-ethyl adjacent to an activating group) is 1. The van der Waals surface area contributed by atoms with Gasteiger partial charge in [-0.1, -0.05) is 6.07 Å². The summed E-state index contributed by atoms with van der Waals surface area (Å²) in [5.74, 6) is -0.778. The lowest BCUT2D eigenvalue weighted by Gasteiger charge is -2.39. The molecular weight excluding hydrogens is 364 g/mol. The fraction of sp³-hybridized carbons (Fsp3) is 0.667. The third-order valence-corrected chi connectivity index (χ3v) is 6.68. The fourth-order valence-electron chi connectivity index (χ4n) is 4.98. The van der Waals surface area contributed by atoms with Crippen LogP contribution in [0.5, 0.6) is 0 Å². The molecule has 0 radical (unpaired) electrons. The van der Waals surface area contributed by atoms with Crippen LogP contribution in [-0.4, -0.2) is 79.6 Å². The van der Waals surface area contributed by atoms with Crippen LogP contribution in [-0.2, 0) is 16.1 Å². The number of benzene rings is 1. The molecule has 1 aromatic carbocycles. The first kappa shape index (κ1) is 19.7. The van der Waals surface area contributed by atoms with Gasteiger partial charge in [-0.05, 0) is 50.9 Å². The maximum Gasteiger partial charge on any atom is 0.240 e. The van der Waals surface area contributed by atoms with E-state index in [1.807, 2.05) is 4.90 Å². The molecule has 0 N–H and O–H groups in total. The zero-order valence-corrected chi connectivity index (χ0v) is 16.5. The zero-order chi connectivity index (χ0) is 19.7. The molecule has 1 spiro atoms. The second-order valence-corrected chi connectivity index (χ2v) is 8.58. The number of nitrogens with zero attached hydrogens (tertiary/aromatic N) is 3. The van der Waals surface area contributed by atoms with E-state index in [1.54, 1.807) is 0 Å². The molecular formula is C21H29F2N3O2. The Morgan fingerprint density at radius 2 is 1.89 bits per heavy atom. The third kappa shape index (κ3) is 4.07. The van der Waals surface area contributed by atoms with Crippen LogP contribution in [0.3, 0.4) is 0 Å². The number of carbonyl (C=O) groups excluding carboxylic acids is 1. The molecule has 5 nitrogen and oxygen atoms in total. The minimum absolute atomic E-state index is 0.0424. The van der Waals surface area contributed by atoms with E-state index >= 15 is 0 Å². The van der Waals surface area contributed by atoms with E-state index in [-0.39, 0.29) is 17.4 Å². The van der Waals surface area contributed by atoms with E-state index in [2.05, 4.69) is 16.8 Å². The lowest BCUT2D eigenvalue weighted by Crippen LogP contribution is -2.48. The average Bonchev–Trinajstić information content (AvgIpc) is 3.02. The minimum Gasteiger partial charge on any atom is -0.378 e. The van der Waals surface area contributed by atoms with Crippen molar-refractivity contribution in [2.75, 3.05) is 53.0 Å².